The minimum absolute atomic E-state index is 0.0794. The number of carbonyl (C=O) groups is 2. The maximum Gasteiger partial charge on any atom is 0.304 e. The first-order valence-electron chi connectivity index (χ1n) is 5.02. The fourth-order valence-corrected chi connectivity index (χ4v) is 1.77. The molecule has 0 rings (SSSR count). The van der Waals surface area contributed by atoms with Gasteiger partial charge in [0.05, 0.1) is 18.6 Å². The van der Waals surface area contributed by atoms with Crippen molar-refractivity contribution in [3.63, 3.8) is 0 Å². The SMILES string of the molecule is CC(O)C(CCC(=O)O)(CC(=O)O)C(C)O. The molecule has 0 spiro atoms. The second-order valence-electron chi connectivity index (χ2n) is 4.05. The maximum atomic E-state index is 10.7. The summed E-state index contributed by atoms with van der Waals surface area (Å²) in [4.78, 5) is 21.2. The minimum atomic E-state index is -1.32. The van der Waals surface area contributed by atoms with Crippen LogP contribution in [0.1, 0.15) is 33.1 Å². The van der Waals surface area contributed by atoms with E-state index in [1.165, 1.54) is 13.8 Å². The van der Waals surface area contributed by atoms with E-state index in [4.69, 9.17) is 10.2 Å². The van der Waals surface area contributed by atoms with Crippen LogP contribution in [0, 0.1) is 5.41 Å². The van der Waals surface area contributed by atoms with Gasteiger partial charge in [-0.3, -0.25) is 9.59 Å². The smallest absolute Gasteiger partial charge is 0.304 e. The molecule has 0 saturated carbocycles. The van der Waals surface area contributed by atoms with E-state index < -0.39 is 36.0 Å². The van der Waals surface area contributed by atoms with E-state index >= 15 is 0 Å². The predicted molar refractivity (Wildman–Crippen MR) is 54.9 cm³/mol. The van der Waals surface area contributed by atoms with Gasteiger partial charge in [0.15, 0.2) is 0 Å². The van der Waals surface area contributed by atoms with Gasteiger partial charge in [0.2, 0.25) is 0 Å². The summed E-state index contributed by atoms with van der Waals surface area (Å²) in [5.74, 6) is -2.26. The van der Waals surface area contributed by atoms with E-state index in [0.29, 0.717) is 0 Å². The largest absolute Gasteiger partial charge is 0.481 e. The third kappa shape index (κ3) is 3.79. The van der Waals surface area contributed by atoms with Gasteiger partial charge in [-0.15, -0.1) is 0 Å². The number of aliphatic hydroxyl groups is 2. The summed E-state index contributed by atoms with van der Waals surface area (Å²) in [6.45, 7) is 2.72. The van der Waals surface area contributed by atoms with Gasteiger partial charge in [-0.1, -0.05) is 0 Å². The third-order valence-corrected chi connectivity index (χ3v) is 2.95. The Morgan fingerprint density at radius 1 is 1.06 bits per heavy atom. The lowest BCUT2D eigenvalue weighted by atomic mass is 9.71. The average Bonchev–Trinajstić information content (AvgIpc) is 2.10. The summed E-state index contributed by atoms with van der Waals surface area (Å²) in [6.07, 6.45) is -3.02. The van der Waals surface area contributed by atoms with Crippen LogP contribution in [-0.2, 0) is 9.59 Å². The summed E-state index contributed by atoms with van der Waals surface area (Å²) in [6, 6.07) is 0. The molecule has 0 radical (unpaired) electrons. The van der Waals surface area contributed by atoms with Crippen LogP contribution in [0.4, 0.5) is 0 Å². The van der Waals surface area contributed by atoms with Crippen LogP contribution in [0.5, 0.6) is 0 Å². The van der Waals surface area contributed by atoms with Crippen molar-refractivity contribution >= 4 is 11.9 Å². The van der Waals surface area contributed by atoms with Crippen LogP contribution in [0.15, 0.2) is 0 Å². The lowest BCUT2D eigenvalue weighted by molar-refractivity contribution is -0.150. The van der Waals surface area contributed by atoms with Crippen LogP contribution in [0.25, 0.3) is 0 Å². The number of hydrogen-bond donors (Lipinski definition) is 4. The van der Waals surface area contributed by atoms with E-state index in [1.54, 1.807) is 0 Å². The zero-order chi connectivity index (χ0) is 12.9. The molecular formula is C10H18O6. The van der Waals surface area contributed by atoms with Crippen LogP contribution in [0.3, 0.4) is 0 Å². The molecule has 0 aliphatic carbocycles. The average molecular weight is 234 g/mol. The van der Waals surface area contributed by atoms with Crippen molar-refractivity contribution in [2.45, 2.75) is 45.3 Å². The molecule has 4 N–H and O–H groups in total. The number of aliphatic carboxylic acids is 2. The van der Waals surface area contributed by atoms with Gasteiger partial charge >= 0.3 is 11.9 Å². The highest BCUT2D eigenvalue weighted by Gasteiger charge is 2.42. The van der Waals surface area contributed by atoms with E-state index in [1.807, 2.05) is 0 Å². The Morgan fingerprint density at radius 2 is 1.50 bits per heavy atom. The molecular weight excluding hydrogens is 216 g/mol. The monoisotopic (exact) mass is 234 g/mol. The number of carboxylic acid groups (broad SMARTS) is 2. The highest BCUT2D eigenvalue weighted by atomic mass is 16.4. The van der Waals surface area contributed by atoms with E-state index in [-0.39, 0.29) is 12.8 Å². The maximum absolute atomic E-state index is 10.7. The molecule has 16 heavy (non-hydrogen) atoms. The van der Waals surface area contributed by atoms with Crippen LogP contribution >= 0.6 is 0 Å². The van der Waals surface area contributed by atoms with Crippen molar-refractivity contribution in [2.24, 2.45) is 5.41 Å². The van der Waals surface area contributed by atoms with Crippen molar-refractivity contribution in [3.05, 3.63) is 0 Å². The molecule has 0 saturated heterocycles. The number of rotatable bonds is 7. The fourth-order valence-electron chi connectivity index (χ4n) is 1.77. The lowest BCUT2D eigenvalue weighted by Gasteiger charge is -2.37. The number of carboxylic acids is 2. The molecule has 6 nitrogen and oxygen atoms in total. The van der Waals surface area contributed by atoms with Crippen LogP contribution in [0.2, 0.25) is 0 Å². The third-order valence-electron chi connectivity index (χ3n) is 2.95. The van der Waals surface area contributed by atoms with E-state index in [0.717, 1.165) is 0 Å². The van der Waals surface area contributed by atoms with E-state index in [2.05, 4.69) is 0 Å². The number of aliphatic hydroxyl groups excluding tert-OH is 2. The van der Waals surface area contributed by atoms with Crippen molar-refractivity contribution in [1.29, 1.82) is 0 Å². The first kappa shape index (κ1) is 14.9. The Balaban J connectivity index is 4.93. The van der Waals surface area contributed by atoms with Crippen molar-refractivity contribution in [3.8, 4) is 0 Å². The molecule has 0 aliphatic rings. The van der Waals surface area contributed by atoms with Crippen LogP contribution < -0.4 is 0 Å². The molecule has 2 unspecified atom stereocenters. The molecule has 0 amide bonds. The molecule has 0 aromatic heterocycles. The van der Waals surface area contributed by atoms with Gasteiger partial charge in [0.25, 0.3) is 0 Å². The summed E-state index contributed by atoms with van der Waals surface area (Å²) in [7, 11) is 0. The quantitative estimate of drug-likeness (QED) is 0.495. The fraction of sp³-hybridized carbons (Fsp3) is 0.800. The molecule has 6 heteroatoms. The van der Waals surface area contributed by atoms with Crippen molar-refractivity contribution in [2.75, 3.05) is 0 Å². The van der Waals surface area contributed by atoms with Gasteiger partial charge in [0.1, 0.15) is 0 Å². The zero-order valence-electron chi connectivity index (χ0n) is 9.38. The Bertz CT molecular complexity index is 250. The number of hydrogen-bond acceptors (Lipinski definition) is 4. The van der Waals surface area contributed by atoms with Crippen LogP contribution in [-0.4, -0.2) is 44.6 Å². The predicted octanol–water partition coefficient (Wildman–Crippen LogP) is 0.0739. The molecule has 94 valence electrons. The molecule has 0 heterocycles. The molecule has 0 aromatic rings. The Labute approximate surface area is 93.5 Å². The van der Waals surface area contributed by atoms with Gasteiger partial charge in [-0.25, -0.2) is 0 Å². The van der Waals surface area contributed by atoms with Gasteiger partial charge < -0.3 is 20.4 Å². The van der Waals surface area contributed by atoms with Gasteiger partial charge in [-0.05, 0) is 20.3 Å². The van der Waals surface area contributed by atoms with Crippen molar-refractivity contribution in [1.82, 2.24) is 0 Å². The van der Waals surface area contributed by atoms with Crippen molar-refractivity contribution < 1.29 is 30.0 Å². The first-order chi connectivity index (χ1) is 7.22. The molecule has 0 aliphatic heterocycles. The van der Waals surface area contributed by atoms with Gasteiger partial charge in [0, 0.05) is 11.8 Å². The summed E-state index contributed by atoms with van der Waals surface area (Å²) >= 11 is 0. The minimum Gasteiger partial charge on any atom is -0.481 e. The van der Waals surface area contributed by atoms with Gasteiger partial charge in [-0.2, -0.15) is 0 Å². The van der Waals surface area contributed by atoms with E-state index in [9.17, 15) is 19.8 Å². The summed E-state index contributed by atoms with van der Waals surface area (Å²) in [5, 5.41) is 36.5. The summed E-state index contributed by atoms with van der Waals surface area (Å²) in [5.41, 5.74) is -1.32. The normalized spacial score (nSPS) is 18.5. The Morgan fingerprint density at radius 3 is 1.75 bits per heavy atom. The first-order valence-corrected chi connectivity index (χ1v) is 5.02. The second-order valence-corrected chi connectivity index (χ2v) is 4.05. The standard InChI is InChI=1S/C10H18O6/c1-6(11)10(7(2)12,5-9(15)16)4-3-8(13)14/h6-7,11-12H,3-5H2,1-2H3,(H,13,14)(H,15,16). The Kier molecular flexibility index (Phi) is 5.40. The zero-order valence-corrected chi connectivity index (χ0v) is 9.38. The molecule has 2 atom stereocenters. The molecule has 0 bridgehead atoms. The Hall–Kier alpha value is -1.14. The lowest BCUT2D eigenvalue weighted by Crippen LogP contribution is -2.44. The molecule has 0 aromatic carbocycles. The highest BCUT2D eigenvalue weighted by Crippen LogP contribution is 2.36. The second kappa shape index (κ2) is 5.81. The molecule has 0 fully saturated rings. The topological polar surface area (TPSA) is 115 Å². The highest BCUT2D eigenvalue weighted by molar-refractivity contribution is 5.69. The summed E-state index contributed by atoms with van der Waals surface area (Å²) < 4.78 is 0.